The van der Waals surface area contributed by atoms with Gasteiger partial charge in [0.25, 0.3) is 0 Å². The molecule has 2 heteroatoms. The Hall–Kier alpha value is -0.0800. The molecule has 1 aliphatic carbocycles. The van der Waals surface area contributed by atoms with Gasteiger partial charge in [-0.05, 0) is 64.2 Å². The Labute approximate surface area is 108 Å². The van der Waals surface area contributed by atoms with Crippen molar-refractivity contribution in [2.75, 3.05) is 26.2 Å². The molecular weight excluding hydrogens is 208 g/mol. The number of nitrogens with zero attached hydrogens (tertiary/aromatic N) is 1. The highest BCUT2D eigenvalue weighted by Gasteiger charge is 2.18. The Bertz CT molecular complexity index is 170. The average molecular weight is 240 g/mol. The van der Waals surface area contributed by atoms with E-state index in [1.165, 1.54) is 64.7 Å². The van der Waals surface area contributed by atoms with Crippen LogP contribution >= 0.6 is 0 Å². The first-order valence-electron chi connectivity index (χ1n) is 7.75. The second kappa shape index (κ2) is 8.93. The van der Waals surface area contributed by atoms with E-state index in [1.807, 2.05) is 0 Å². The first-order valence-corrected chi connectivity index (χ1v) is 7.75. The maximum atomic E-state index is 3.74. The maximum absolute atomic E-state index is 3.74. The third-order valence-electron chi connectivity index (χ3n) is 4.40. The van der Waals surface area contributed by atoms with E-state index in [1.54, 1.807) is 0 Å². The van der Waals surface area contributed by atoms with Crippen molar-refractivity contribution >= 4 is 0 Å². The van der Waals surface area contributed by atoms with Crippen LogP contribution in [-0.4, -0.2) is 37.1 Å². The maximum Gasteiger partial charge on any atom is 0.00672 e. The van der Waals surface area contributed by atoms with Crippen LogP contribution in [-0.2, 0) is 0 Å². The number of hydrogen-bond acceptors (Lipinski definition) is 2. The van der Waals surface area contributed by atoms with Crippen molar-refractivity contribution in [1.82, 2.24) is 10.2 Å². The van der Waals surface area contributed by atoms with E-state index in [-0.39, 0.29) is 0 Å². The Morgan fingerprint density at radius 2 is 1.65 bits per heavy atom. The lowest BCUT2D eigenvalue weighted by Crippen LogP contribution is -2.35. The van der Waals surface area contributed by atoms with Crippen LogP contribution in [0.15, 0.2) is 0 Å². The average Bonchev–Trinajstić information content (AvgIpc) is 2.40. The molecule has 2 nitrogen and oxygen atoms in total. The molecule has 1 fully saturated rings. The van der Waals surface area contributed by atoms with Crippen molar-refractivity contribution in [3.05, 3.63) is 0 Å². The molecule has 0 unspecified atom stereocenters. The van der Waals surface area contributed by atoms with Gasteiger partial charge in [0.05, 0.1) is 0 Å². The Kier molecular flexibility index (Phi) is 7.87. The summed E-state index contributed by atoms with van der Waals surface area (Å²) in [6, 6.07) is 0.814. The highest BCUT2D eigenvalue weighted by Crippen LogP contribution is 2.26. The van der Waals surface area contributed by atoms with E-state index in [9.17, 15) is 0 Å². The van der Waals surface area contributed by atoms with Crippen molar-refractivity contribution in [3.63, 3.8) is 0 Å². The van der Waals surface area contributed by atoms with Crippen molar-refractivity contribution in [3.8, 4) is 0 Å². The summed E-state index contributed by atoms with van der Waals surface area (Å²) >= 11 is 0. The third-order valence-corrected chi connectivity index (χ3v) is 4.40. The van der Waals surface area contributed by atoms with E-state index >= 15 is 0 Å². The van der Waals surface area contributed by atoms with E-state index in [4.69, 9.17) is 0 Å². The molecule has 0 aromatic carbocycles. The summed E-state index contributed by atoms with van der Waals surface area (Å²) in [5, 5.41) is 3.74. The van der Waals surface area contributed by atoms with Crippen LogP contribution in [0.25, 0.3) is 0 Å². The molecule has 1 saturated carbocycles. The van der Waals surface area contributed by atoms with Crippen LogP contribution in [0.2, 0.25) is 0 Å². The predicted octanol–water partition coefficient (Wildman–Crippen LogP) is 3.28. The number of hydrogen-bond donors (Lipinski definition) is 1. The molecule has 0 aromatic heterocycles. The van der Waals surface area contributed by atoms with Gasteiger partial charge in [-0.1, -0.05) is 27.2 Å². The topological polar surface area (TPSA) is 15.3 Å². The van der Waals surface area contributed by atoms with E-state index in [0.717, 1.165) is 12.0 Å². The molecule has 17 heavy (non-hydrogen) atoms. The minimum Gasteiger partial charge on any atom is -0.314 e. The molecule has 0 radical (unpaired) electrons. The summed E-state index contributed by atoms with van der Waals surface area (Å²) in [4.78, 5) is 2.51. The van der Waals surface area contributed by atoms with Crippen LogP contribution in [0.4, 0.5) is 0 Å². The van der Waals surface area contributed by atoms with Crippen LogP contribution in [0, 0.1) is 5.92 Å². The quantitative estimate of drug-likeness (QED) is 0.655. The smallest absolute Gasteiger partial charge is 0.00672 e. The van der Waals surface area contributed by atoms with Crippen molar-refractivity contribution in [2.24, 2.45) is 5.92 Å². The van der Waals surface area contributed by atoms with Gasteiger partial charge in [-0.15, -0.1) is 0 Å². The molecule has 0 saturated heterocycles. The van der Waals surface area contributed by atoms with Crippen LogP contribution in [0.5, 0.6) is 0 Å². The summed E-state index contributed by atoms with van der Waals surface area (Å²) < 4.78 is 0. The lowest BCUT2D eigenvalue weighted by Gasteiger charge is -2.28. The lowest BCUT2D eigenvalue weighted by atomic mass is 9.84. The number of nitrogens with one attached hydrogen (secondary N) is 1. The molecule has 0 aliphatic heterocycles. The highest BCUT2D eigenvalue weighted by atomic mass is 15.1. The SMILES string of the molecule is CCC1CCC(NCCCN(CC)CC)CC1. The largest absolute Gasteiger partial charge is 0.314 e. The van der Waals surface area contributed by atoms with E-state index in [0.29, 0.717) is 0 Å². The zero-order valence-corrected chi connectivity index (χ0v) is 12.2. The first-order chi connectivity index (χ1) is 8.30. The Morgan fingerprint density at radius 1 is 1.00 bits per heavy atom. The van der Waals surface area contributed by atoms with Crippen LogP contribution < -0.4 is 5.32 Å². The zero-order chi connectivity index (χ0) is 12.5. The standard InChI is InChI=1S/C15H32N2/c1-4-14-8-10-15(11-9-14)16-12-7-13-17(5-2)6-3/h14-16H,4-13H2,1-3H3. The molecule has 0 aromatic rings. The second-order valence-electron chi connectivity index (χ2n) is 5.46. The molecule has 0 atom stereocenters. The van der Waals surface area contributed by atoms with E-state index < -0.39 is 0 Å². The summed E-state index contributed by atoms with van der Waals surface area (Å²) in [6.45, 7) is 11.7. The fourth-order valence-electron chi connectivity index (χ4n) is 2.92. The van der Waals surface area contributed by atoms with Gasteiger partial charge >= 0.3 is 0 Å². The summed E-state index contributed by atoms with van der Waals surface area (Å²) in [6.07, 6.45) is 8.39. The monoisotopic (exact) mass is 240 g/mol. The van der Waals surface area contributed by atoms with Crippen LogP contribution in [0.3, 0.4) is 0 Å². The molecule has 1 rings (SSSR count). The molecule has 1 N–H and O–H groups in total. The summed E-state index contributed by atoms with van der Waals surface area (Å²) in [5.74, 6) is 1.02. The summed E-state index contributed by atoms with van der Waals surface area (Å²) in [7, 11) is 0. The third kappa shape index (κ3) is 5.87. The fraction of sp³-hybridized carbons (Fsp3) is 1.00. The normalized spacial score (nSPS) is 25.4. The minimum atomic E-state index is 0.814. The van der Waals surface area contributed by atoms with Gasteiger partial charge in [0.1, 0.15) is 0 Å². The van der Waals surface area contributed by atoms with Crippen LogP contribution in [0.1, 0.15) is 59.3 Å². The fourth-order valence-corrected chi connectivity index (χ4v) is 2.92. The van der Waals surface area contributed by atoms with Crippen molar-refractivity contribution < 1.29 is 0 Å². The van der Waals surface area contributed by atoms with Crippen molar-refractivity contribution in [1.29, 1.82) is 0 Å². The predicted molar refractivity (Wildman–Crippen MR) is 76.4 cm³/mol. The van der Waals surface area contributed by atoms with Gasteiger partial charge in [-0.25, -0.2) is 0 Å². The molecule has 0 bridgehead atoms. The highest BCUT2D eigenvalue weighted by molar-refractivity contribution is 4.76. The molecule has 0 spiro atoms. The van der Waals surface area contributed by atoms with Gasteiger partial charge < -0.3 is 10.2 Å². The van der Waals surface area contributed by atoms with Gasteiger partial charge in [0, 0.05) is 6.04 Å². The van der Waals surface area contributed by atoms with Gasteiger partial charge in [-0.2, -0.15) is 0 Å². The molecule has 1 aliphatic rings. The second-order valence-corrected chi connectivity index (χ2v) is 5.46. The molecular formula is C15H32N2. The van der Waals surface area contributed by atoms with Gasteiger partial charge in [-0.3, -0.25) is 0 Å². The number of rotatable bonds is 8. The molecule has 102 valence electrons. The molecule has 0 amide bonds. The Balaban J connectivity index is 2.00. The van der Waals surface area contributed by atoms with Gasteiger partial charge in [0.15, 0.2) is 0 Å². The minimum absolute atomic E-state index is 0.814. The zero-order valence-electron chi connectivity index (χ0n) is 12.2. The first kappa shape index (κ1) is 15.0. The molecule has 0 heterocycles. The Morgan fingerprint density at radius 3 is 2.18 bits per heavy atom. The van der Waals surface area contributed by atoms with Crippen molar-refractivity contribution in [2.45, 2.75) is 65.3 Å². The van der Waals surface area contributed by atoms with E-state index in [2.05, 4.69) is 31.0 Å². The lowest BCUT2D eigenvalue weighted by molar-refractivity contribution is 0.270. The summed E-state index contributed by atoms with van der Waals surface area (Å²) in [5.41, 5.74) is 0. The van der Waals surface area contributed by atoms with Gasteiger partial charge in [0.2, 0.25) is 0 Å².